The van der Waals surface area contributed by atoms with Gasteiger partial charge in [-0.2, -0.15) is 0 Å². The summed E-state index contributed by atoms with van der Waals surface area (Å²) in [5, 5.41) is 6.04. The van der Waals surface area contributed by atoms with E-state index in [0.29, 0.717) is 18.1 Å². The van der Waals surface area contributed by atoms with E-state index in [1.54, 1.807) is 6.07 Å². The lowest BCUT2D eigenvalue weighted by atomic mass is 10.1. The molecular formula is C20H26N4O. The fourth-order valence-corrected chi connectivity index (χ4v) is 2.31. The molecule has 0 spiro atoms. The van der Waals surface area contributed by atoms with E-state index in [0.717, 1.165) is 23.2 Å². The Morgan fingerprint density at radius 2 is 1.96 bits per heavy atom. The van der Waals surface area contributed by atoms with E-state index in [9.17, 15) is 4.79 Å². The molecule has 132 valence electrons. The summed E-state index contributed by atoms with van der Waals surface area (Å²) in [5.74, 6) is 0.283. The van der Waals surface area contributed by atoms with Gasteiger partial charge in [0.05, 0.1) is 6.54 Å². The third-order valence-corrected chi connectivity index (χ3v) is 3.90. The number of carbonyl (C=O) groups excluding carboxylic acids is 1. The zero-order valence-electron chi connectivity index (χ0n) is 15.0. The molecule has 0 saturated heterocycles. The van der Waals surface area contributed by atoms with Crippen LogP contribution in [0.25, 0.3) is 0 Å². The monoisotopic (exact) mass is 338 g/mol. The van der Waals surface area contributed by atoms with E-state index in [2.05, 4.69) is 15.6 Å². The fourth-order valence-electron chi connectivity index (χ4n) is 2.31. The maximum Gasteiger partial charge on any atom is 0.251 e. The number of nitrogens with one attached hydrogen (secondary N) is 2. The van der Waals surface area contributed by atoms with Gasteiger partial charge in [0, 0.05) is 17.3 Å². The lowest BCUT2D eigenvalue weighted by molar-refractivity contribution is 0.0939. The van der Waals surface area contributed by atoms with Crippen LogP contribution >= 0.6 is 0 Å². The van der Waals surface area contributed by atoms with Gasteiger partial charge in [0.15, 0.2) is 5.96 Å². The second-order valence-electron chi connectivity index (χ2n) is 6.18. The van der Waals surface area contributed by atoms with Gasteiger partial charge in [0.1, 0.15) is 0 Å². The van der Waals surface area contributed by atoms with Crippen LogP contribution in [0.3, 0.4) is 0 Å². The molecule has 0 aliphatic rings. The van der Waals surface area contributed by atoms with Crippen LogP contribution in [0.4, 0.5) is 5.69 Å². The minimum absolute atomic E-state index is 0.0639. The molecule has 1 amide bonds. The van der Waals surface area contributed by atoms with E-state index < -0.39 is 0 Å². The molecule has 2 aromatic rings. The SMILES string of the molecule is CCC(C)NC(=O)c1cccc(CN=C(N)Nc2cccc(C)c2)c1. The van der Waals surface area contributed by atoms with Crippen LogP contribution in [0.5, 0.6) is 0 Å². The number of guanidine groups is 1. The summed E-state index contributed by atoms with van der Waals surface area (Å²) in [7, 11) is 0. The van der Waals surface area contributed by atoms with Crippen molar-refractivity contribution in [1.82, 2.24) is 5.32 Å². The van der Waals surface area contributed by atoms with Crippen molar-refractivity contribution in [1.29, 1.82) is 0 Å². The maximum atomic E-state index is 12.2. The molecule has 1 atom stereocenters. The van der Waals surface area contributed by atoms with E-state index in [4.69, 9.17) is 5.73 Å². The van der Waals surface area contributed by atoms with Gasteiger partial charge in [-0.15, -0.1) is 0 Å². The zero-order valence-corrected chi connectivity index (χ0v) is 15.0. The standard InChI is InChI=1S/C20H26N4O/c1-4-15(3)23-19(25)17-9-6-8-16(12-17)13-22-20(21)24-18-10-5-7-14(2)11-18/h5-12,15H,4,13H2,1-3H3,(H,23,25)(H3,21,22,24). The molecule has 0 bridgehead atoms. The lowest BCUT2D eigenvalue weighted by Gasteiger charge is -2.11. The molecule has 0 aliphatic carbocycles. The van der Waals surface area contributed by atoms with E-state index >= 15 is 0 Å². The van der Waals surface area contributed by atoms with Crippen molar-refractivity contribution in [3.05, 3.63) is 65.2 Å². The van der Waals surface area contributed by atoms with Crippen molar-refractivity contribution in [2.24, 2.45) is 10.7 Å². The molecule has 4 N–H and O–H groups in total. The number of nitrogens with two attached hydrogens (primary N) is 1. The average Bonchev–Trinajstić information content (AvgIpc) is 2.60. The van der Waals surface area contributed by atoms with Crippen LogP contribution in [-0.4, -0.2) is 17.9 Å². The predicted octanol–water partition coefficient (Wildman–Crippen LogP) is 3.45. The Balaban J connectivity index is 2.00. The van der Waals surface area contributed by atoms with Gasteiger partial charge in [-0.3, -0.25) is 4.79 Å². The topological polar surface area (TPSA) is 79.5 Å². The largest absolute Gasteiger partial charge is 0.370 e. The molecule has 0 saturated carbocycles. The van der Waals surface area contributed by atoms with Gasteiger partial charge in [0.2, 0.25) is 0 Å². The molecule has 2 rings (SSSR count). The Bertz CT molecular complexity index is 755. The summed E-state index contributed by atoms with van der Waals surface area (Å²) in [6.45, 7) is 6.47. The van der Waals surface area contributed by atoms with Crippen LogP contribution in [-0.2, 0) is 6.54 Å². The second-order valence-corrected chi connectivity index (χ2v) is 6.18. The molecule has 5 nitrogen and oxygen atoms in total. The number of nitrogens with zero attached hydrogens (tertiary/aromatic N) is 1. The van der Waals surface area contributed by atoms with Gasteiger partial charge in [-0.1, -0.05) is 31.2 Å². The molecule has 0 aliphatic heterocycles. The second kappa shape index (κ2) is 8.87. The highest BCUT2D eigenvalue weighted by atomic mass is 16.1. The molecule has 0 aromatic heterocycles. The normalized spacial score (nSPS) is 12.5. The number of benzene rings is 2. The van der Waals surface area contributed by atoms with Gasteiger partial charge in [0.25, 0.3) is 5.91 Å². The third kappa shape index (κ3) is 5.95. The Morgan fingerprint density at radius 3 is 2.68 bits per heavy atom. The smallest absolute Gasteiger partial charge is 0.251 e. The first-order chi connectivity index (χ1) is 12.0. The van der Waals surface area contributed by atoms with Gasteiger partial charge >= 0.3 is 0 Å². The van der Waals surface area contributed by atoms with Crippen LogP contribution in [0.2, 0.25) is 0 Å². The summed E-state index contributed by atoms with van der Waals surface area (Å²) < 4.78 is 0. The molecule has 1 unspecified atom stereocenters. The molecule has 2 aromatic carbocycles. The number of carbonyl (C=O) groups is 1. The number of rotatable bonds is 6. The summed E-state index contributed by atoms with van der Waals surface area (Å²) in [5.41, 5.74) is 9.57. The molecule has 25 heavy (non-hydrogen) atoms. The van der Waals surface area contributed by atoms with Gasteiger partial charge < -0.3 is 16.4 Å². The Morgan fingerprint density at radius 1 is 1.20 bits per heavy atom. The quantitative estimate of drug-likeness (QED) is 0.557. The van der Waals surface area contributed by atoms with Crippen molar-refractivity contribution in [2.45, 2.75) is 39.8 Å². The van der Waals surface area contributed by atoms with Crippen molar-refractivity contribution in [3.8, 4) is 0 Å². The highest BCUT2D eigenvalue weighted by Gasteiger charge is 2.08. The van der Waals surface area contributed by atoms with E-state index in [1.807, 2.05) is 63.2 Å². The molecule has 0 radical (unpaired) electrons. The number of hydrogen-bond donors (Lipinski definition) is 3. The first kappa shape index (κ1) is 18.5. The Kier molecular flexibility index (Phi) is 6.57. The molecule has 0 heterocycles. The van der Waals surface area contributed by atoms with Crippen molar-refractivity contribution in [2.75, 3.05) is 5.32 Å². The summed E-state index contributed by atoms with van der Waals surface area (Å²) >= 11 is 0. The zero-order chi connectivity index (χ0) is 18.2. The van der Waals surface area contributed by atoms with Crippen molar-refractivity contribution < 1.29 is 4.79 Å². The van der Waals surface area contributed by atoms with Crippen LogP contribution < -0.4 is 16.4 Å². The maximum absolute atomic E-state index is 12.2. The summed E-state index contributed by atoms with van der Waals surface area (Å²) in [6, 6.07) is 15.5. The van der Waals surface area contributed by atoms with Crippen LogP contribution in [0, 0.1) is 6.92 Å². The molecule has 0 fully saturated rings. The van der Waals surface area contributed by atoms with Gasteiger partial charge in [-0.05, 0) is 55.7 Å². The number of amides is 1. The predicted molar refractivity (Wildman–Crippen MR) is 104 cm³/mol. The van der Waals surface area contributed by atoms with Crippen LogP contribution in [0.15, 0.2) is 53.5 Å². The average molecular weight is 338 g/mol. The highest BCUT2D eigenvalue weighted by Crippen LogP contribution is 2.10. The minimum atomic E-state index is -0.0639. The number of anilines is 1. The first-order valence-corrected chi connectivity index (χ1v) is 8.51. The van der Waals surface area contributed by atoms with E-state index in [-0.39, 0.29) is 11.9 Å². The molecular weight excluding hydrogens is 312 g/mol. The number of aliphatic imine (C=N–C) groups is 1. The third-order valence-electron chi connectivity index (χ3n) is 3.90. The Labute approximate surface area is 149 Å². The Hall–Kier alpha value is -2.82. The number of aryl methyl sites for hydroxylation is 1. The minimum Gasteiger partial charge on any atom is -0.370 e. The first-order valence-electron chi connectivity index (χ1n) is 8.51. The summed E-state index contributed by atoms with van der Waals surface area (Å²) in [6.07, 6.45) is 0.900. The lowest BCUT2D eigenvalue weighted by Crippen LogP contribution is -2.31. The van der Waals surface area contributed by atoms with Gasteiger partial charge in [-0.25, -0.2) is 4.99 Å². The van der Waals surface area contributed by atoms with Crippen LogP contribution in [0.1, 0.15) is 41.8 Å². The molecule has 5 heteroatoms. The summed E-state index contributed by atoms with van der Waals surface area (Å²) in [4.78, 5) is 16.5. The number of hydrogen-bond acceptors (Lipinski definition) is 2. The van der Waals surface area contributed by atoms with Crippen molar-refractivity contribution in [3.63, 3.8) is 0 Å². The highest BCUT2D eigenvalue weighted by molar-refractivity contribution is 5.94. The van der Waals surface area contributed by atoms with Crippen molar-refractivity contribution >= 4 is 17.6 Å². The fraction of sp³-hybridized carbons (Fsp3) is 0.300. The van der Waals surface area contributed by atoms with E-state index in [1.165, 1.54) is 0 Å².